The summed E-state index contributed by atoms with van der Waals surface area (Å²) in [5, 5.41) is 19.2. The van der Waals surface area contributed by atoms with Gasteiger partial charge in [0.1, 0.15) is 0 Å². The van der Waals surface area contributed by atoms with Crippen molar-refractivity contribution in [3.05, 3.63) is 29.8 Å². The van der Waals surface area contributed by atoms with Crippen LogP contribution in [0.3, 0.4) is 0 Å². The van der Waals surface area contributed by atoms with Crippen LogP contribution in [0.2, 0.25) is 0 Å². The van der Waals surface area contributed by atoms with Crippen molar-refractivity contribution in [2.45, 2.75) is 31.9 Å². The predicted octanol–water partition coefficient (Wildman–Crippen LogP) is 0.988. The molecule has 0 saturated carbocycles. The maximum Gasteiger partial charge on any atom is 0.227 e. The summed E-state index contributed by atoms with van der Waals surface area (Å²) < 4.78 is 0. The van der Waals surface area contributed by atoms with Crippen molar-refractivity contribution in [1.82, 2.24) is 4.90 Å². The van der Waals surface area contributed by atoms with E-state index in [4.69, 9.17) is 0 Å². The van der Waals surface area contributed by atoms with E-state index < -0.39 is 6.10 Å². The molecule has 5 nitrogen and oxygen atoms in total. The minimum absolute atomic E-state index is 0.0137. The molecule has 120 valence electrons. The van der Waals surface area contributed by atoms with E-state index in [1.165, 1.54) is 5.56 Å². The largest absolute Gasteiger partial charge is 0.396 e. The minimum Gasteiger partial charge on any atom is -0.396 e. The number of β-amino-alcohol motifs (C(OH)–C–C–N with tert-alkyl or cyclic N) is 1. The standard InChI is InChI=1S/C17H24N2O3/c20-12-14-7-9-18(11-16(14)21)10-13-3-5-15(6-4-13)19-8-1-2-17(19)22/h3-6,14,16,20-21H,1-2,7-12H2/t14-,16-/m1/s1. The van der Waals surface area contributed by atoms with Crippen molar-refractivity contribution in [1.29, 1.82) is 0 Å². The summed E-state index contributed by atoms with van der Waals surface area (Å²) in [6.07, 6.45) is 1.98. The lowest BCUT2D eigenvalue weighted by Gasteiger charge is -2.35. The molecule has 0 spiro atoms. The summed E-state index contributed by atoms with van der Waals surface area (Å²) in [6.45, 7) is 3.18. The van der Waals surface area contributed by atoms with Gasteiger partial charge in [-0.05, 0) is 37.1 Å². The molecular formula is C17H24N2O3. The summed E-state index contributed by atoms with van der Waals surface area (Å²) in [7, 11) is 0. The molecule has 1 aromatic carbocycles. The molecule has 2 N–H and O–H groups in total. The number of aliphatic hydroxyl groups excluding tert-OH is 2. The van der Waals surface area contributed by atoms with Gasteiger partial charge in [-0.15, -0.1) is 0 Å². The summed E-state index contributed by atoms with van der Waals surface area (Å²) in [6, 6.07) is 8.14. The minimum atomic E-state index is -0.444. The topological polar surface area (TPSA) is 64.0 Å². The maximum absolute atomic E-state index is 11.7. The summed E-state index contributed by atoms with van der Waals surface area (Å²) in [5.74, 6) is 0.224. The molecule has 1 aromatic rings. The lowest BCUT2D eigenvalue weighted by atomic mass is 9.94. The smallest absolute Gasteiger partial charge is 0.227 e. The number of anilines is 1. The van der Waals surface area contributed by atoms with Gasteiger partial charge in [-0.1, -0.05) is 12.1 Å². The van der Waals surface area contributed by atoms with E-state index in [9.17, 15) is 15.0 Å². The van der Waals surface area contributed by atoms with Crippen LogP contribution < -0.4 is 4.90 Å². The molecule has 2 saturated heterocycles. The first-order chi connectivity index (χ1) is 10.7. The Kier molecular flexibility index (Phi) is 4.76. The fraction of sp³-hybridized carbons (Fsp3) is 0.588. The average Bonchev–Trinajstić information content (AvgIpc) is 2.94. The van der Waals surface area contributed by atoms with Crippen LogP contribution in [0.4, 0.5) is 5.69 Å². The van der Waals surface area contributed by atoms with Gasteiger partial charge < -0.3 is 15.1 Å². The van der Waals surface area contributed by atoms with Gasteiger partial charge in [-0.25, -0.2) is 0 Å². The van der Waals surface area contributed by atoms with Crippen molar-refractivity contribution in [2.24, 2.45) is 5.92 Å². The monoisotopic (exact) mass is 304 g/mol. The first kappa shape index (κ1) is 15.5. The van der Waals surface area contributed by atoms with Crippen LogP contribution in [-0.4, -0.2) is 53.4 Å². The number of aliphatic hydroxyl groups is 2. The van der Waals surface area contributed by atoms with Gasteiger partial charge in [0.15, 0.2) is 0 Å². The second-order valence-electron chi connectivity index (χ2n) is 6.35. The number of hydrogen-bond donors (Lipinski definition) is 2. The molecule has 2 aliphatic rings. The average molecular weight is 304 g/mol. The van der Waals surface area contributed by atoms with E-state index in [0.29, 0.717) is 13.0 Å². The van der Waals surface area contributed by atoms with Gasteiger partial charge in [0, 0.05) is 44.3 Å². The third kappa shape index (κ3) is 3.32. The van der Waals surface area contributed by atoms with E-state index in [1.54, 1.807) is 0 Å². The van der Waals surface area contributed by atoms with Crippen molar-refractivity contribution in [3.8, 4) is 0 Å². The van der Waals surface area contributed by atoms with Crippen molar-refractivity contribution >= 4 is 11.6 Å². The molecule has 0 unspecified atom stereocenters. The third-order valence-corrected chi connectivity index (χ3v) is 4.77. The Hall–Kier alpha value is -1.43. The number of amides is 1. The highest BCUT2D eigenvalue weighted by Crippen LogP contribution is 2.23. The van der Waals surface area contributed by atoms with Gasteiger partial charge in [0.25, 0.3) is 0 Å². The number of carbonyl (C=O) groups excluding carboxylic acids is 1. The van der Waals surface area contributed by atoms with Crippen LogP contribution in [0.5, 0.6) is 0 Å². The van der Waals surface area contributed by atoms with Crippen LogP contribution in [-0.2, 0) is 11.3 Å². The van der Waals surface area contributed by atoms with Crippen molar-refractivity contribution in [2.75, 3.05) is 31.1 Å². The van der Waals surface area contributed by atoms with Crippen LogP contribution in [0.25, 0.3) is 0 Å². The Morgan fingerprint density at radius 2 is 1.95 bits per heavy atom. The highest BCUT2D eigenvalue weighted by atomic mass is 16.3. The molecule has 2 fully saturated rings. The normalized spacial score (nSPS) is 26.6. The summed E-state index contributed by atoms with van der Waals surface area (Å²) in [4.78, 5) is 15.8. The molecule has 0 aromatic heterocycles. The SMILES string of the molecule is O=C1CCCN1c1ccc(CN2CC[C@H](CO)[C@H](O)C2)cc1. The Morgan fingerprint density at radius 3 is 2.55 bits per heavy atom. The molecule has 2 heterocycles. The van der Waals surface area contributed by atoms with Gasteiger partial charge in [-0.3, -0.25) is 9.69 Å². The predicted molar refractivity (Wildman–Crippen MR) is 84.5 cm³/mol. The Labute approximate surface area is 131 Å². The lowest BCUT2D eigenvalue weighted by molar-refractivity contribution is -0.117. The Bertz CT molecular complexity index is 517. The molecule has 5 heteroatoms. The van der Waals surface area contributed by atoms with Crippen LogP contribution in [0, 0.1) is 5.92 Å². The van der Waals surface area contributed by atoms with Gasteiger partial charge in [0.2, 0.25) is 5.91 Å². The summed E-state index contributed by atoms with van der Waals surface area (Å²) in [5.41, 5.74) is 2.16. The van der Waals surface area contributed by atoms with Gasteiger partial charge >= 0.3 is 0 Å². The fourth-order valence-electron chi connectivity index (χ4n) is 3.36. The molecule has 2 atom stereocenters. The van der Waals surface area contributed by atoms with E-state index in [-0.39, 0.29) is 18.4 Å². The summed E-state index contributed by atoms with van der Waals surface area (Å²) >= 11 is 0. The molecular weight excluding hydrogens is 280 g/mol. The number of rotatable bonds is 4. The fourth-order valence-corrected chi connectivity index (χ4v) is 3.36. The Morgan fingerprint density at radius 1 is 1.18 bits per heavy atom. The number of hydrogen-bond acceptors (Lipinski definition) is 4. The molecule has 2 aliphatic heterocycles. The lowest BCUT2D eigenvalue weighted by Crippen LogP contribution is -2.44. The van der Waals surface area contributed by atoms with Crippen molar-refractivity contribution < 1.29 is 15.0 Å². The number of carbonyl (C=O) groups is 1. The van der Waals surface area contributed by atoms with Gasteiger partial charge in [0.05, 0.1) is 6.10 Å². The second kappa shape index (κ2) is 6.77. The quantitative estimate of drug-likeness (QED) is 0.871. The van der Waals surface area contributed by atoms with E-state index in [2.05, 4.69) is 17.0 Å². The number of benzene rings is 1. The Balaban J connectivity index is 1.58. The van der Waals surface area contributed by atoms with Crippen LogP contribution >= 0.6 is 0 Å². The first-order valence-corrected chi connectivity index (χ1v) is 8.08. The molecule has 1 amide bonds. The molecule has 0 aliphatic carbocycles. The number of likely N-dealkylation sites (tertiary alicyclic amines) is 1. The molecule has 0 bridgehead atoms. The highest BCUT2D eigenvalue weighted by molar-refractivity contribution is 5.95. The zero-order valence-electron chi connectivity index (χ0n) is 12.8. The maximum atomic E-state index is 11.7. The van der Waals surface area contributed by atoms with Gasteiger partial charge in [-0.2, -0.15) is 0 Å². The van der Waals surface area contributed by atoms with E-state index in [1.807, 2.05) is 17.0 Å². The zero-order valence-corrected chi connectivity index (χ0v) is 12.8. The van der Waals surface area contributed by atoms with Crippen LogP contribution in [0.15, 0.2) is 24.3 Å². The second-order valence-corrected chi connectivity index (χ2v) is 6.35. The first-order valence-electron chi connectivity index (χ1n) is 8.08. The molecule has 22 heavy (non-hydrogen) atoms. The zero-order chi connectivity index (χ0) is 15.5. The van der Waals surface area contributed by atoms with Crippen LogP contribution in [0.1, 0.15) is 24.8 Å². The molecule has 3 rings (SSSR count). The van der Waals surface area contributed by atoms with Crippen molar-refractivity contribution in [3.63, 3.8) is 0 Å². The third-order valence-electron chi connectivity index (χ3n) is 4.77. The van der Waals surface area contributed by atoms with E-state index >= 15 is 0 Å². The highest BCUT2D eigenvalue weighted by Gasteiger charge is 2.27. The van der Waals surface area contributed by atoms with E-state index in [0.717, 1.165) is 38.2 Å². The number of nitrogens with zero attached hydrogens (tertiary/aromatic N) is 2. The molecule has 0 radical (unpaired) electrons. The number of piperidine rings is 1.